The van der Waals surface area contributed by atoms with E-state index in [-0.39, 0.29) is 11.5 Å². The van der Waals surface area contributed by atoms with E-state index >= 15 is 0 Å². The van der Waals surface area contributed by atoms with E-state index in [1.807, 2.05) is 45.2 Å². The van der Waals surface area contributed by atoms with Gasteiger partial charge in [0, 0.05) is 18.3 Å². The van der Waals surface area contributed by atoms with E-state index in [0.717, 1.165) is 48.2 Å². The van der Waals surface area contributed by atoms with Crippen LogP contribution in [0.1, 0.15) is 52.3 Å². The number of hydrogen-bond acceptors (Lipinski definition) is 7. The van der Waals surface area contributed by atoms with Crippen LogP contribution in [0.4, 0.5) is 15.9 Å². The second-order valence-electron chi connectivity index (χ2n) is 9.96. The van der Waals surface area contributed by atoms with E-state index in [2.05, 4.69) is 17.0 Å². The van der Waals surface area contributed by atoms with Crippen molar-refractivity contribution in [2.24, 2.45) is 0 Å². The van der Waals surface area contributed by atoms with Gasteiger partial charge >= 0.3 is 11.8 Å². The van der Waals surface area contributed by atoms with E-state index in [4.69, 9.17) is 9.72 Å². The highest BCUT2D eigenvalue weighted by Crippen LogP contribution is 2.48. The van der Waals surface area contributed by atoms with E-state index in [9.17, 15) is 14.3 Å². The lowest BCUT2D eigenvalue weighted by molar-refractivity contribution is -0.564. The van der Waals surface area contributed by atoms with Gasteiger partial charge in [-0.25, -0.2) is 19.1 Å². The first kappa shape index (κ1) is 27.3. The third-order valence-electron chi connectivity index (χ3n) is 6.84. The molecule has 2 heterocycles. The summed E-state index contributed by atoms with van der Waals surface area (Å²) in [5.41, 5.74) is 3.94. The van der Waals surface area contributed by atoms with Gasteiger partial charge in [-0.1, -0.05) is 12.1 Å². The van der Waals surface area contributed by atoms with Crippen molar-refractivity contribution in [2.75, 3.05) is 26.0 Å². The third kappa shape index (κ3) is 6.23. The number of aliphatic hydroxyl groups is 1. The van der Waals surface area contributed by atoms with Crippen LogP contribution in [-0.4, -0.2) is 64.3 Å². The van der Waals surface area contributed by atoms with Crippen LogP contribution >= 0.6 is 0 Å². The number of aromatic nitrogens is 2. The molecule has 1 unspecified atom stereocenters. The molecule has 8 nitrogen and oxygen atoms in total. The Morgan fingerprint density at radius 2 is 1.92 bits per heavy atom. The Labute approximate surface area is 222 Å². The number of nitrogens with one attached hydrogen (secondary N) is 1. The van der Waals surface area contributed by atoms with Crippen LogP contribution in [0.5, 0.6) is 0 Å². The van der Waals surface area contributed by atoms with Crippen molar-refractivity contribution in [3.8, 4) is 0 Å². The minimum Gasteiger partial charge on any atom is -0.464 e. The van der Waals surface area contributed by atoms with E-state index < -0.39 is 17.9 Å². The molecule has 1 aromatic carbocycles. The summed E-state index contributed by atoms with van der Waals surface area (Å²) < 4.78 is 19.6. The zero-order valence-electron chi connectivity index (χ0n) is 22.4. The second kappa shape index (κ2) is 11.4. The second-order valence-corrected chi connectivity index (χ2v) is 9.96. The van der Waals surface area contributed by atoms with Crippen molar-refractivity contribution in [3.05, 3.63) is 82.6 Å². The highest BCUT2D eigenvalue weighted by molar-refractivity contribution is 5.93. The summed E-state index contributed by atoms with van der Waals surface area (Å²) in [6.07, 6.45) is 2.25. The number of anilines is 1. The average Bonchev–Trinajstić information content (AvgIpc) is 3.69. The smallest absolute Gasteiger partial charge is 0.358 e. The summed E-state index contributed by atoms with van der Waals surface area (Å²) >= 11 is 0. The van der Waals surface area contributed by atoms with Gasteiger partial charge in [-0.15, -0.1) is 0 Å². The van der Waals surface area contributed by atoms with Gasteiger partial charge in [0.1, 0.15) is 11.4 Å². The fraction of sp³-hybridized carbons (Fsp3) is 0.379. The van der Waals surface area contributed by atoms with Crippen molar-refractivity contribution in [1.29, 1.82) is 0 Å². The molecule has 1 aliphatic rings. The first-order valence-corrected chi connectivity index (χ1v) is 12.7. The molecule has 9 heteroatoms. The summed E-state index contributed by atoms with van der Waals surface area (Å²) in [7, 11) is 3.16. The molecule has 0 radical (unpaired) electrons. The number of carbonyl (C=O) groups excluding carboxylic acids is 1. The number of hydrogen-bond donors (Lipinski definition) is 2. The lowest BCUT2D eigenvalue weighted by Crippen LogP contribution is -2.39. The Kier molecular flexibility index (Phi) is 8.18. The van der Waals surface area contributed by atoms with E-state index in [0.29, 0.717) is 18.1 Å². The minimum absolute atomic E-state index is 0.239. The molecule has 0 bridgehead atoms. The normalized spacial score (nSPS) is 14.7. The van der Waals surface area contributed by atoms with Crippen LogP contribution in [0.3, 0.4) is 0 Å². The van der Waals surface area contributed by atoms with Gasteiger partial charge in [0.15, 0.2) is 11.4 Å². The molecule has 2 N–H and O–H groups in total. The molecule has 38 heavy (non-hydrogen) atoms. The molecule has 1 atom stereocenters. The zero-order chi connectivity index (χ0) is 27.4. The van der Waals surface area contributed by atoms with E-state index in [1.54, 1.807) is 17.0 Å². The third-order valence-corrected chi connectivity index (χ3v) is 6.84. The van der Waals surface area contributed by atoms with Gasteiger partial charge in [-0.2, -0.15) is 4.58 Å². The fourth-order valence-corrected chi connectivity index (χ4v) is 4.43. The zero-order valence-corrected chi connectivity index (χ0v) is 22.4. The first-order chi connectivity index (χ1) is 18.1. The van der Waals surface area contributed by atoms with Gasteiger partial charge in [-0.3, -0.25) is 0 Å². The standard InChI is InChI=1S/C29H34FN5O3/c1-19-17-24(29(14-15-29)33-23-13-8-20(2)31-26(23)27(36)38-5)32-25(18-19)35(4)28(37)34(3)16-6-7-21-9-11-22(30)12-10-21/h8-13,17-18,28,37H,4,6-7,14-16H2,1-3,5H3/p+1. The van der Waals surface area contributed by atoms with Crippen LogP contribution in [-0.2, 0) is 16.7 Å². The van der Waals surface area contributed by atoms with Gasteiger partial charge < -0.3 is 15.2 Å². The Balaban J connectivity index is 1.47. The Hall–Kier alpha value is -3.69. The molecule has 200 valence electrons. The number of rotatable bonds is 11. The maximum atomic E-state index is 13.1. The molecular formula is C29H35FN5O3+. The number of methoxy groups -OCH3 is 1. The summed E-state index contributed by atoms with van der Waals surface area (Å²) in [6, 6.07) is 14.0. The number of halogens is 1. The molecule has 2 aromatic heterocycles. The lowest BCUT2D eigenvalue weighted by Gasteiger charge is -2.23. The molecule has 4 rings (SSSR count). The van der Waals surface area contributed by atoms with Crippen molar-refractivity contribution >= 4 is 24.2 Å². The Bertz CT molecular complexity index is 1320. The minimum atomic E-state index is -0.985. The summed E-state index contributed by atoms with van der Waals surface area (Å²) in [5, 5.41) is 14.5. The van der Waals surface area contributed by atoms with Gasteiger partial charge in [0.2, 0.25) is 0 Å². The number of aryl methyl sites for hydroxylation is 3. The summed E-state index contributed by atoms with van der Waals surface area (Å²) in [5.74, 6) is -0.206. The average molecular weight is 521 g/mol. The van der Waals surface area contributed by atoms with Crippen LogP contribution in [0, 0.1) is 19.7 Å². The number of pyridine rings is 2. The van der Waals surface area contributed by atoms with E-state index in [1.165, 1.54) is 23.8 Å². The van der Waals surface area contributed by atoms with Gasteiger partial charge in [0.25, 0.3) is 6.35 Å². The largest absolute Gasteiger partial charge is 0.464 e. The number of ether oxygens (including phenoxy) is 1. The van der Waals surface area contributed by atoms with Crippen molar-refractivity contribution in [1.82, 2.24) is 14.9 Å². The van der Waals surface area contributed by atoms with Crippen molar-refractivity contribution < 1.29 is 23.6 Å². The summed E-state index contributed by atoms with van der Waals surface area (Å²) in [6.45, 7) is 8.50. The predicted molar refractivity (Wildman–Crippen MR) is 144 cm³/mol. The number of aliphatic hydroxyl groups excluding tert-OH is 1. The molecule has 3 aromatic rings. The Morgan fingerprint density at radius 3 is 2.58 bits per heavy atom. The van der Waals surface area contributed by atoms with Crippen LogP contribution in [0.25, 0.3) is 0 Å². The molecule has 1 fully saturated rings. The highest BCUT2D eigenvalue weighted by atomic mass is 19.1. The molecular weight excluding hydrogens is 485 g/mol. The maximum absolute atomic E-state index is 13.1. The monoisotopic (exact) mass is 520 g/mol. The first-order valence-electron chi connectivity index (χ1n) is 12.7. The summed E-state index contributed by atoms with van der Waals surface area (Å²) in [4.78, 5) is 23.4. The Morgan fingerprint density at radius 1 is 1.21 bits per heavy atom. The molecule has 1 saturated carbocycles. The number of benzene rings is 1. The van der Waals surface area contributed by atoms with Gasteiger partial charge in [-0.05, 0) is 93.0 Å². The topological polar surface area (TPSA) is 90.6 Å². The molecule has 0 spiro atoms. The highest BCUT2D eigenvalue weighted by Gasteiger charge is 2.50. The van der Waals surface area contributed by atoms with Crippen molar-refractivity contribution in [3.63, 3.8) is 0 Å². The molecule has 0 saturated heterocycles. The maximum Gasteiger partial charge on any atom is 0.358 e. The molecule has 0 aliphatic heterocycles. The van der Waals surface area contributed by atoms with Crippen LogP contribution in [0.2, 0.25) is 0 Å². The lowest BCUT2D eigenvalue weighted by atomic mass is 10.1. The number of carbonyl (C=O) groups is 1. The van der Waals surface area contributed by atoms with Crippen molar-refractivity contribution in [2.45, 2.75) is 51.4 Å². The van der Waals surface area contributed by atoms with Crippen LogP contribution in [0.15, 0.2) is 48.5 Å². The molecule has 0 amide bonds. The number of esters is 1. The molecule has 1 aliphatic carbocycles. The van der Waals surface area contributed by atoms with Gasteiger partial charge in [0.05, 0.1) is 19.5 Å². The fourth-order valence-electron chi connectivity index (χ4n) is 4.43. The van der Waals surface area contributed by atoms with Crippen LogP contribution < -0.4 is 5.32 Å². The number of nitrogens with zero attached hydrogens (tertiary/aromatic N) is 4. The SMILES string of the molecule is C=[N+](c1cc(C)cc(C2(Nc3ccc(C)nc3C(=O)OC)CC2)n1)C(O)N(C)CCCc1ccc(F)cc1. The quantitative estimate of drug-likeness (QED) is 0.169. The predicted octanol–water partition coefficient (Wildman–Crippen LogP) is 4.31.